The van der Waals surface area contributed by atoms with Crippen LogP contribution in [0.3, 0.4) is 0 Å². The lowest BCUT2D eigenvalue weighted by molar-refractivity contribution is -0.115. The second-order valence-electron chi connectivity index (χ2n) is 6.82. The number of amides is 2. The van der Waals surface area contributed by atoms with Crippen molar-refractivity contribution in [2.75, 3.05) is 19.4 Å². The standard InChI is InChI=1S/C21H20ClN3O3/c1-12-8-14-9-13(4-7-18(14)24-20(12)27)10-19(26)23-15-5-6-16(17(22)11-15)21(28)25(2)3/h4-9,11H,10H2,1-3H3,(H,23,26)(H,24,27). The van der Waals surface area contributed by atoms with Crippen LogP contribution in [-0.4, -0.2) is 35.8 Å². The molecule has 0 aliphatic heterocycles. The molecule has 0 fully saturated rings. The molecule has 6 nitrogen and oxygen atoms in total. The Morgan fingerprint density at radius 2 is 1.86 bits per heavy atom. The van der Waals surface area contributed by atoms with E-state index < -0.39 is 0 Å². The molecule has 7 heteroatoms. The van der Waals surface area contributed by atoms with Crippen LogP contribution in [0.1, 0.15) is 21.5 Å². The second-order valence-corrected chi connectivity index (χ2v) is 7.23. The Balaban J connectivity index is 1.74. The van der Waals surface area contributed by atoms with E-state index in [0.717, 1.165) is 16.5 Å². The summed E-state index contributed by atoms with van der Waals surface area (Å²) < 4.78 is 0. The van der Waals surface area contributed by atoms with Gasteiger partial charge in [-0.3, -0.25) is 14.4 Å². The summed E-state index contributed by atoms with van der Waals surface area (Å²) in [6, 6.07) is 12.1. The molecule has 3 aromatic rings. The van der Waals surface area contributed by atoms with Crippen LogP contribution in [0.5, 0.6) is 0 Å². The number of hydrogen-bond donors (Lipinski definition) is 2. The molecule has 2 amide bonds. The number of nitrogens with one attached hydrogen (secondary N) is 2. The first-order valence-electron chi connectivity index (χ1n) is 8.68. The van der Waals surface area contributed by atoms with Crippen LogP contribution in [0.15, 0.2) is 47.3 Å². The van der Waals surface area contributed by atoms with Gasteiger partial charge in [0, 0.05) is 30.9 Å². The fourth-order valence-corrected chi connectivity index (χ4v) is 3.13. The van der Waals surface area contributed by atoms with E-state index in [0.29, 0.717) is 16.8 Å². The first-order chi connectivity index (χ1) is 13.2. The smallest absolute Gasteiger partial charge is 0.254 e. The zero-order valence-electron chi connectivity index (χ0n) is 15.8. The van der Waals surface area contributed by atoms with Crippen LogP contribution >= 0.6 is 11.6 Å². The molecule has 1 heterocycles. The van der Waals surface area contributed by atoms with Gasteiger partial charge in [0.05, 0.1) is 17.0 Å². The predicted octanol–water partition coefficient (Wildman–Crippen LogP) is 3.37. The molecule has 2 N–H and O–H groups in total. The number of rotatable bonds is 4. The fourth-order valence-electron chi connectivity index (χ4n) is 2.87. The van der Waals surface area contributed by atoms with Gasteiger partial charge >= 0.3 is 0 Å². The third-order valence-corrected chi connectivity index (χ3v) is 4.66. The van der Waals surface area contributed by atoms with E-state index in [1.807, 2.05) is 6.07 Å². The summed E-state index contributed by atoms with van der Waals surface area (Å²) in [4.78, 5) is 40.3. The number of aromatic amines is 1. The van der Waals surface area contributed by atoms with E-state index in [2.05, 4.69) is 10.3 Å². The van der Waals surface area contributed by atoms with Gasteiger partial charge in [-0.05, 0) is 54.3 Å². The van der Waals surface area contributed by atoms with E-state index in [1.54, 1.807) is 57.4 Å². The van der Waals surface area contributed by atoms with Crippen molar-refractivity contribution in [2.24, 2.45) is 0 Å². The summed E-state index contributed by atoms with van der Waals surface area (Å²) in [6.45, 7) is 1.74. The van der Waals surface area contributed by atoms with Crippen molar-refractivity contribution in [3.8, 4) is 0 Å². The molecule has 0 radical (unpaired) electrons. The van der Waals surface area contributed by atoms with Crippen LogP contribution in [0.4, 0.5) is 5.69 Å². The molecule has 0 spiro atoms. The second kappa shape index (κ2) is 7.86. The van der Waals surface area contributed by atoms with E-state index in [-0.39, 0.29) is 28.8 Å². The monoisotopic (exact) mass is 397 g/mol. The SMILES string of the molecule is Cc1cc2cc(CC(=O)Nc3ccc(C(=O)N(C)C)c(Cl)c3)ccc2[nH]c1=O. The maximum absolute atomic E-state index is 12.4. The van der Waals surface area contributed by atoms with E-state index in [4.69, 9.17) is 11.6 Å². The Hall–Kier alpha value is -3.12. The molecule has 28 heavy (non-hydrogen) atoms. The average Bonchev–Trinajstić information content (AvgIpc) is 2.62. The molecule has 2 aromatic carbocycles. The van der Waals surface area contributed by atoms with Gasteiger partial charge in [-0.2, -0.15) is 0 Å². The largest absolute Gasteiger partial charge is 0.345 e. The molecule has 0 saturated carbocycles. The van der Waals surface area contributed by atoms with Crippen LogP contribution < -0.4 is 10.9 Å². The zero-order valence-corrected chi connectivity index (χ0v) is 16.6. The molecule has 0 unspecified atom stereocenters. The predicted molar refractivity (Wildman–Crippen MR) is 111 cm³/mol. The molecule has 0 atom stereocenters. The zero-order chi connectivity index (χ0) is 20.4. The number of fused-ring (bicyclic) bond motifs is 1. The summed E-state index contributed by atoms with van der Waals surface area (Å²) >= 11 is 6.18. The third kappa shape index (κ3) is 4.23. The molecular weight excluding hydrogens is 378 g/mol. The number of pyridine rings is 1. The first-order valence-corrected chi connectivity index (χ1v) is 9.06. The highest BCUT2D eigenvalue weighted by Gasteiger charge is 2.13. The molecule has 0 aliphatic carbocycles. The highest BCUT2D eigenvalue weighted by atomic mass is 35.5. The Kier molecular flexibility index (Phi) is 5.51. The summed E-state index contributed by atoms with van der Waals surface area (Å²) in [6.07, 6.45) is 0.171. The van der Waals surface area contributed by atoms with Gasteiger partial charge in [0.2, 0.25) is 5.91 Å². The average molecular weight is 398 g/mol. The van der Waals surface area contributed by atoms with Crippen molar-refractivity contribution in [2.45, 2.75) is 13.3 Å². The minimum atomic E-state index is -0.205. The molecule has 144 valence electrons. The van der Waals surface area contributed by atoms with Crippen molar-refractivity contribution in [3.63, 3.8) is 0 Å². The number of carbonyl (C=O) groups excluding carboxylic acids is 2. The molecule has 1 aromatic heterocycles. The van der Waals surface area contributed by atoms with Gasteiger partial charge in [0.15, 0.2) is 0 Å². The number of carbonyl (C=O) groups is 2. The summed E-state index contributed by atoms with van der Waals surface area (Å²) in [5.74, 6) is -0.407. The minimum Gasteiger partial charge on any atom is -0.345 e. The maximum atomic E-state index is 12.4. The van der Waals surface area contributed by atoms with Gasteiger partial charge in [-0.25, -0.2) is 0 Å². The van der Waals surface area contributed by atoms with Crippen molar-refractivity contribution >= 4 is 40.0 Å². The number of halogens is 1. The Morgan fingerprint density at radius 1 is 1.11 bits per heavy atom. The number of aryl methyl sites for hydroxylation is 1. The number of nitrogens with zero attached hydrogens (tertiary/aromatic N) is 1. The number of hydrogen-bond acceptors (Lipinski definition) is 3. The lowest BCUT2D eigenvalue weighted by atomic mass is 10.1. The van der Waals surface area contributed by atoms with Crippen molar-refractivity contribution in [3.05, 3.63) is 74.5 Å². The normalized spacial score (nSPS) is 10.7. The molecule has 3 rings (SSSR count). The van der Waals surface area contributed by atoms with Crippen LogP contribution in [0, 0.1) is 6.92 Å². The lowest BCUT2D eigenvalue weighted by Crippen LogP contribution is -2.22. The minimum absolute atomic E-state index is 0.119. The van der Waals surface area contributed by atoms with Gasteiger partial charge in [-0.1, -0.05) is 17.7 Å². The quantitative estimate of drug-likeness (QED) is 0.708. The summed E-state index contributed by atoms with van der Waals surface area (Å²) in [7, 11) is 3.30. The van der Waals surface area contributed by atoms with E-state index in [1.165, 1.54) is 4.90 Å². The van der Waals surface area contributed by atoms with Gasteiger partial charge in [0.1, 0.15) is 0 Å². The van der Waals surface area contributed by atoms with Gasteiger partial charge in [-0.15, -0.1) is 0 Å². The summed E-state index contributed by atoms with van der Waals surface area (Å²) in [5.41, 5.74) is 2.95. The van der Waals surface area contributed by atoms with E-state index >= 15 is 0 Å². The van der Waals surface area contributed by atoms with Crippen LogP contribution in [-0.2, 0) is 11.2 Å². The van der Waals surface area contributed by atoms with Crippen LogP contribution in [0.2, 0.25) is 5.02 Å². The Bertz CT molecular complexity index is 1140. The number of H-pyrrole nitrogens is 1. The van der Waals surface area contributed by atoms with Crippen LogP contribution in [0.25, 0.3) is 10.9 Å². The maximum Gasteiger partial charge on any atom is 0.254 e. The third-order valence-electron chi connectivity index (χ3n) is 4.35. The molecule has 0 aliphatic rings. The number of anilines is 1. The number of benzene rings is 2. The van der Waals surface area contributed by atoms with Crippen molar-refractivity contribution in [1.29, 1.82) is 0 Å². The topological polar surface area (TPSA) is 82.3 Å². The van der Waals surface area contributed by atoms with Gasteiger partial charge in [0.25, 0.3) is 11.5 Å². The first kappa shape index (κ1) is 19.6. The highest BCUT2D eigenvalue weighted by molar-refractivity contribution is 6.34. The van der Waals surface area contributed by atoms with Gasteiger partial charge < -0.3 is 15.2 Å². The molecule has 0 saturated heterocycles. The van der Waals surface area contributed by atoms with E-state index in [9.17, 15) is 14.4 Å². The summed E-state index contributed by atoms with van der Waals surface area (Å²) in [5, 5.41) is 3.94. The molecule has 0 bridgehead atoms. The highest BCUT2D eigenvalue weighted by Crippen LogP contribution is 2.22. The Morgan fingerprint density at radius 3 is 2.54 bits per heavy atom. The molecular formula is C21H20ClN3O3. The Labute approximate surface area is 167 Å². The lowest BCUT2D eigenvalue weighted by Gasteiger charge is -2.13. The number of aromatic nitrogens is 1. The van der Waals surface area contributed by atoms with Crippen molar-refractivity contribution < 1.29 is 9.59 Å². The van der Waals surface area contributed by atoms with Crippen molar-refractivity contribution in [1.82, 2.24) is 9.88 Å². The fraction of sp³-hybridized carbons (Fsp3) is 0.190.